The quantitative estimate of drug-likeness (QED) is 0.747. The molecule has 1 atom stereocenters. The molecule has 0 spiro atoms. The lowest BCUT2D eigenvalue weighted by atomic mass is 10.0. The van der Waals surface area contributed by atoms with E-state index in [9.17, 15) is 4.79 Å². The van der Waals surface area contributed by atoms with Gasteiger partial charge in [-0.1, -0.05) is 13.8 Å². The molecule has 1 saturated heterocycles. The first-order valence-electron chi connectivity index (χ1n) is 6.73. The van der Waals surface area contributed by atoms with Crippen molar-refractivity contribution in [3.05, 3.63) is 11.9 Å². The summed E-state index contributed by atoms with van der Waals surface area (Å²) >= 11 is 0. The van der Waals surface area contributed by atoms with Crippen LogP contribution >= 0.6 is 0 Å². The molecule has 1 aliphatic rings. The van der Waals surface area contributed by atoms with Crippen LogP contribution in [0.25, 0.3) is 0 Å². The summed E-state index contributed by atoms with van der Waals surface area (Å²) in [6.45, 7) is 7.74. The molecule has 1 aromatic heterocycles. The van der Waals surface area contributed by atoms with E-state index in [1.165, 1.54) is 0 Å². The number of amides is 1. The minimum Gasteiger partial charge on any atom is -0.370 e. The van der Waals surface area contributed by atoms with E-state index in [1.54, 1.807) is 6.33 Å². The van der Waals surface area contributed by atoms with Crippen molar-refractivity contribution in [2.45, 2.75) is 39.2 Å². The summed E-state index contributed by atoms with van der Waals surface area (Å²) in [5.41, 5.74) is 1.07. The molecule has 1 aromatic rings. The Balaban J connectivity index is 2.23. The molecule has 6 heteroatoms. The summed E-state index contributed by atoms with van der Waals surface area (Å²) in [6.07, 6.45) is 2.05. The van der Waals surface area contributed by atoms with Crippen LogP contribution in [-0.2, 0) is 4.79 Å². The smallest absolute Gasteiger partial charge is 0.222 e. The highest BCUT2D eigenvalue weighted by molar-refractivity contribution is 5.79. The van der Waals surface area contributed by atoms with Gasteiger partial charge in [0.2, 0.25) is 5.91 Å². The van der Waals surface area contributed by atoms with E-state index in [1.807, 2.05) is 6.92 Å². The number of hydrogen-bond donors (Lipinski definition) is 3. The number of carbonyl (C=O) groups excluding carboxylic acids is 1. The van der Waals surface area contributed by atoms with Gasteiger partial charge in [0.05, 0.1) is 6.04 Å². The third-order valence-corrected chi connectivity index (χ3v) is 3.12. The minimum atomic E-state index is 0.0876. The van der Waals surface area contributed by atoms with Gasteiger partial charge < -0.3 is 16.0 Å². The van der Waals surface area contributed by atoms with Crippen LogP contribution < -0.4 is 16.0 Å². The van der Waals surface area contributed by atoms with Crippen molar-refractivity contribution in [3.63, 3.8) is 0 Å². The van der Waals surface area contributed by atoms with E-state index in [4.69, 9.17) is 0 Å². The van der Waals surface area contributed by atoms with Gasteiger partial charge in [0.25, 0.3) is 0 Å². The van der Waals surface area contributed by atoms with E-state index >= 15 is 0 Å². The molecule has 0 aromatic carbocycles. The molecule has 0 bridgehead atoms. The lowest BCUT2D eigenvalue weighted by Gasteiger charge is -2.19. The molecule has 1 unspecified atom stereocenters. The van der Waals surface area contributed by atoms with E-state index in [0.29, 0.717) is 18.9 Å². The van der Waals surface area contributed by atoms with Crippen molar-refractivity contribution in [1.29, 1.82) is 0 Å². The summed E-state index contributed by atoms with van der Waals surface area (Å²) in [5, 5.41) is 9.42. The number of nitrogens with zero attached hydrogens (tertiary/aromatic N) is 2. The van der Waals surface area contributed by atoms with Crippen LogP contribution in [0.5, 0.6) is 0 Å². The minimum absolute atomic E-state index is 0.0876. The Hall–Kier alpha value is -1.85. The monoisotopic (exact) mass is 263 g/mol. The predicted octanol–water partition coefficient (Wildman–Crippen LogP) is 1.33. The van der Waals surface area contributed by atoms with E-state index < -0.39 is 0 Å². The molecule has 104 valence electrons. The number of hydrogen-bond acceptors (Lipinski definition) is 5. The highest BCUT2D eigenvalue weighted by atomic mass is 16.1. The fourth-order valence-electron chi connectivity index (χ4n) is 2.27. The predicted molar refractivity (Wildman–Crippen MR) is 75.3 cm³/mol. The Kier molecular flexibility index (Phi) is 4.19. The maximum Gasteiger partial charge on any atom is 0.222 e. The first-order chi connectivity index (χ1) is 9.11. The van der Waals surface area contributed by atoms with Crippen molar-refractivity contribution >= 4 is 17.5 Å². The third kappa shape index (κ3) is 3.13. The van der Waals surface area contributed by atoms with Crippen LogP contribution in [0.15, 0.2) is 6.33 Å². The molecule has 19 heavy (non-hydrogen) atoms. The number of carbonyl (C=O) groups is 1. The molecule has 1 fully saturated rings. The second kappa shape index (κ2) is 5.86. The lowest BCUT2D eigenvalue weighted by Crippen LogP contribution is -2.24. The molecule has 2 heterocycles. The molecular weight excluding hydrogens is 242 g/mol. The van der Waals surface area contributed by atoms with Crippen LogP contribution in [0.4, 0.5) is 11.6 Å². The zero-order valence-corrected chi connectivity index (χ0v) is 11.7. The average Bonchev–Trinajstić information content (AvgIpc) is 2.75. The normalized spacial score (nSPS) is 18.5. The highest BCUT2D eigenvalue weighted by Gasteiger charge is 2.23. The van der Waals surface area contributed by atoms with Gasteiger partial charge >= 0.3 is 0 Å². The highest BCUT2D eigenvalue weighted by Crippen LogP contribution is 2.29. The Labute approximate surface area is 113 Å². The van der Waals surface area contributed by atoms with Crippen LogP contribution in [0.3, 0.4) is 0 Å². The first-order valence-corrected chi connectivity index (χ1v) is 6.73. The SMILES string of the molecule is CCNc1ncnc(NC2CNC(=O)C2)c1C(C)C. The Morgan fingerprint density at radius 2 is 2.16 bits per heavy atom. The second-order valence-electron chi connectivity index (χ2n) is 5.02. The fraction of sp³-hybridized carbons (Fsp3) is 0.615. The van der Waals surface area contributed by atoms with Gasteiger partial charge in [-0.05, 0) is 12.8 Å². The molecule has 1 aliphatic heterocycles. The van der Waals surface area contributed by atoms with E-state index in [-0.39, 0.29) is 11.9 Å². The standard InChI is InChI=1S/C13H21N5O/c1-4-14-12-11(8(2)3)13(17-7-16-12)18-9-5-10(19)15-6-9/h7-9H,4-6H2,1-3H3,(H,15,19)(H2,14,16,17,18). The summed E-state index contributed by atoms with van der Waals surface area (Å²) < 4.78 is 0. The number of rotatable bonds is 5. The molecule has 0 radical (unpaired) electrons. The Bertz CT molecular complexity index is 460. The van der Waals surface area contributed by atoms with Crippen LogP contribution in [-0.4, -0.2) is 35.0 Å². The van der Waals surface area contributed by atoms with Crippen molar-refractivity contribution in [1.82, 2.24) is 15.3 Å². The zero-order valence-electron chi connectivity index (χ0n) is 11.7. The molecule has 0 aliphatic carbocycles. The maximum atomic E-state index is 11.2. The topological polar surface area (TPSA) is 78.9 Å². The molecule has 6 nitrogen and oxygen atoms in total. The van der Waals surface area contributed by atoms with Crippen molar-refractivity contribution in [3.8, 4) is 0 Å². The van der Waals surface area contributed by atoms with E-state index in [0.717, 1.165) is 23.7 Å². The van der Waals surface area contributed by atoms with Gasteiger partial charge in [0.15, 0.2) is 0 Å². The molecular formula is C13H21N5O. The summed E-state index contributed by atoms with van der Waals surface area (Å²) in [5.74, 6) is 2.09. The average molecular weight is 263 g/mol. The van der Waals surface area contributed by atoms with Gasteiger partial charge in [0, 0.05) is 25.1 Å². The fourth-order valence-corrected chi connectivity index (χ4v) is 2.27. The maximum absolute atomic E-state index is 11.2. The molecule has 1 amide bonds. The first kappa shape index (κ1) is 13.6. The van der Waals surface area contributed by atoms with Gasteiger partial charge in [0.1, 0.15) is 18.0 Å². The second-order valence-corrected chi connectivity index (χ2v) is 5.02. The van der Waals surface area contributed by atoms with Crippen LogP contribution in [0.1, 0.15) is 38.7 Å². The Morgan fingerprint density at radius 1 is 1.42 bits per heavy atom. The zero-order chi connectivity index (χ0) is 13.8. The van der Waals surface area contributed by atoms with Crippen LogP contribution in [0.2, 0.25) is 0 Å². The van der Waals surface area contributed by atoms with Gasteiger partial charge in [-0.15, -0.1) is 0 Å². The van der Waals surface area contributed by atoms with Crippen molar-refractivity contribution < 1.29 is 4.79 Å². The van der Waals surface area contributed by atoms with Gasteiger partial charge in [-0.3, -0.25) is 4.79 Å². The number of nitrogens with one attached hydrogen (secondary N) is 3. The third-order valence-electron chi connectivity index (χ3n) is 3.12. The summed E-state index contributed by atoms with van der Waals surface area (Å²) in [6, 6.07) is 0.106. The van der Waals surface area contributed by atoms with Gasteiger partial charge in [-0.25, -0.2) is 9.97 Å². The van der Waals surface area contributed by atoms with Gasteiger partial charge in [-0.2, -0.15) is 0 Å². The largest absolute Gasteiger partial charge is 0.370 e. The van der Waals surface area contributed by atoms with Crippen molar-refractivity contribution in [2.24, 2.45) is 0 Å². The molecule has 3 N–H and O–H groups in total. The number of anilines is 2. The summed E-state index contributed by atoms with van der Waals surface area (Å²) in [4.78, 5) is 19.9. The van der Waals surface area contributed by atoms with Crippen LogP contribution in [0, 0.1) is 0 Å². The Morgan fingerprint density at radius 3 is 2.74 bits per heavy atom. The van der Waals surface area contributed by atoms with E-state index in [2.05, 4.69) is 39.8 Å². The van der Waals surface area contributed by atoms with Crippen molar-refractivity contribution in [2.75, 3.05) is 23.7 Å². The molecule has 2 rings (SSSR count). The summed E-state index contributed by atoms with van der Waals surface area (Å²) in [7, 11) is 0. The lowest BCUT2D eigenvalue weighted by molar-refractivity contribution is -0.119. The number of aromatic nitrogens is 2. The molecule has 0 saturated carbocycles.